The summed E-state index contributed by atoms with van der Waals surface area (Å²) < 4.78 is 4.71. The molecule has 1 unspecified atom stereocenters. The number of amides is 1. The van der Waals surface area contributed by atoms with E-state index in [1.807, 2.05) is 218 Å². The van der Waals surface area contributed by atoms with Gasteiger partial charge in [-0.25, -0.2) is 55.8 Å². The lowest BCUT2D eigenvalue weighted by atomic mass is 10.1. The Morgan fingerprint density at radius 1 is 0.465 bits per heavy atom. The third-order valence-corrected chi connectivity index (χ3v) is 17.7. The zero-order chi connectivity index (χ0) is 68.2. The van der Waals surface area contributed by atoms with E-state index in [9.17, 15) is 19.4 Å². The number of ketones is 1. The van der Waals surface area contributed by atoms with Crippen LogP contribution in [0.25, 0.3) is 133 Å². The van der Waals surface area contributed by atoms with Gasteiger partial charge in [0, 0.05) is 49.0 Å². The lowest BCUT2D eigenvalue weighted by molar-refractivity contribution is 0.0919. The quantitative estimate of drug-likeness (QED) is 0.0462. The third-order valence-electron chi connectivity index (χ3n) is 17.7. The lowest BCUT2D eigenvalue weighted by Gasteiger charge is -2.15. The summed E-state index contributed by atoms with van der Waals surface area (Å²) >= 11 is 0. The van der Waals surface area contributed by atoms with Crippen molar-refractivity contribution in [2.45, 2.75) is 6.04 Å². The van der Waals surface area contributed by atoms with Gasteiger partial charge in [0.2, 0.25) is 5.78 Å². The Balaban J connectivity index is 0.0000000950. The highest BCUT2D eigenvalue weighted by molar-refractivity contribution is 6.20. The van der Waals surface area contributed by atoms with Crippen molar-refractivity contribution < 1.29 is 14.1 Å². The highest BCUT2D eigenvalue weighted by Crippen LogP contribution is 2.46. The number of H-pyrrole nitrogens is 3. The molecule has 9 aliphatic rings. The summed E-state index contributed by atoms with van der Waals surface area (Å²) in [6.07, 6.45) is 1.21. The summed E-state index contributed by atoms with van der Waals surface area (Å²) in [4.78, 5) is 97.1. The predicted octanol–water partition coefficient (Wildman–Crippen LogP) is 15.0. The second kappa shape index (κ2) is 24.9. The number of nitrogens with zero attached hydrogens (tertiary/aromatic N) is 13. The largest absolute Gasteiger partial charge is 0.394 e. The number of anilines is 1. The number of nitrogen functional groups attached to an aromatic ring is 1. The van der Waals surface area contributed by atoms with Crippen LogP contribution < -0.4 is 27.6 Å². The molecule has 0 saturated carbocycles. The zero-order valence-electron chi connectivity index (χ0n) is 52.6. The molecule has 482 valence electrons. The molecular weight excluding hydrogens is 1270 g/mol. The van der Waals surface area contributed by atoms with Gasteiger partial charge in [0.15, 0.2) is 16.7 Å². The number of fused-ring (bicyclic) bond motifs is 20. The number of nitrogens with two attached hydrogens (primary N) is 1. The second-order valence-corrected chi connectivity index (χ2v) is 23.5. The van der Waals surface area contributed by atoms with Gasteiger partial charge < -0.3 is 25.2 Å². The fourth-order valence-corrected chi connectivity index (χ4v) is 13.1. The van der Waals surface area contributed by atoms with Crippen LogP contribution in [0, 0.1) is 15.3 Å². The Morgan fingerprint density at radius 3 is 1.48 bits per heavy atom. The van der Waals surface area contributed by atoms with Gasteiger partial charge >= 0.3 is 0 Å². The number of benzene rings is 9. The van der Waals surface area contributed by atoms with Gasteiger partial charge in [-0.3, -0.25) is 15.0 Å². The minimum Gasteiger partial charge on any atom is -0.394 e. The Hall–Kier alpha value is -14.5. The van der Waals surface area contributed by atoms with E-state index in [0.717, 1.165) is 127 Å². The molecule has 5 aliphatic carbocycles. The van der Waals surface area contributed by atoms with Crippen LogP contribution in [-0.4, -0.2) is 73.4 Å². The molecule has 1 amide bonds. The van der Waals surface area contributed by atoms with E-state index in [0.29, 0.717) is 63.0 Å². The van der Waals surface area contributed by atoms with Crippen molar-refractivity contribution in [2.24, 2.45) is 25.5 Å². The first kappa shape index (κ1) is 60.2. The number of hydrogen-bond donors (Lipinski definition) is 7. The third kappa shape index (κ3) is 10.4. The molecule has 4 aliphatic heterocycles. The lowest BCUT2D eigenvalue weighted by Crippen LogP contribution is -2.40. The summed E-state index contributed by atoms with van der Waals surface area (Å²) in [5, 5.41) is 19.1. The Labute approximate surface area is 567 Å². The minimum atomic E-state index is -0.485. The Kier molecular flexibility index (Phi) is 14.9. The molecule has 25 nitrogen and oxygen atoms in total. The van der Waals surface area contributed by atoms with Crippen molar-refractivity contribution in [3.05, 3.63) is 274 Å². The molecule has 0 radical (unpaired) electrons. The van der Waals surface area contributed by atoms with Crippen molar-refractivity contribution in [2.75, 3.05) is 12.4 Å². The van der Waals surface area contributed by atoms with Crippen molar-refractivity contribution in [1.82, 2.24) is 65.8 Å². The first-order chi connectivity index (χ1) is 49.7. The number of aromatic amines is 3. The molecule has 21 rings (SSSR count). The summed E-state index contributed by atoms with van der Waals surface area (Å²) in [6, 6.07) is 69.2. The Bertz CT molecular complexity index is 6310. The topological polar surface area (TPSA) is 368 Å². The molecule has 1 atom stereocenters. The number of aromatic nitrogens is 11. The highest BCUT2D eigenvalue weighted by atomic mass is 16.5. The van der Waals surface area contributed by atoms with Gasteiger partial charge in [-0.2, -0.15) is 5.11 Å². The maximum atomic E-state index is 12.3. The zero-order valence-corrected chi connectivity index (χ0v) is 52.6. The van der Waals surface area contributed by atoms with Crippen molar-refractivity contribution in [3.8, 4) is 56.7 Å². The monoisotopic (exact) mass is 1320 g/mol. The maximum absolute atomic E-state index is 12.3. The molecule has 0 saturated heterocycles. The fourth-order valence-electron chi connectivity index (χ4n) is 13.1. The number of hydrogen-bond acceptors (Lipinski definition) is 21. The maximum Gasteiger partial charge on any atom is 0.289 e. The molecule has 101 heavy (non-hydrogen) atoms. The molecule has 0 spiro atoms. The summed E-state index contributed by atoms with van der Waals surface area (Å²) in [5.74, 6) is -0.514. The number of para-hydroxylation sites is 8. The second-order valence-electron chi connectivity index (χ2n) is 23.5. The van der Waals surface area contributed by atoms with Crippen LogP contribution >= 0.6 is 0 Å². The van der Waals surface area contributed by atoms with E-state index in [1.165, 1.54) is 6.26 Å². The van der Waals surface area contributed by atoms with Crippen molar-refractivity contribution in [3.63, 3.8) is 0 Å². The molecule has 8 N–H and O–H groups in total. The molecule has 0 fully saturated rings. The molecular formula is C76H48N20O5. The van der Waals surface area contributed by atoms with E-state index >= 15 is 0 Å². The normalized spacial score (nSPS) is 12.8. The fraction of sp³-hybridized carbons (Fsp3) is 0.0263. The number of nitrogens with one attached hydrogen (secondary N) is 6. The van der Waals surface area contributed by atoms with Crippen molar-refractivity contribution in [1.29, 1.82) is 5.53 Å². The summed E-state index contributed by atoms with van der Waals surface area (Å²) in [5.41, 5.74) is 39.3. The summed E-state index contributed by atoms with van der Waals surface area (Å²) in [6.45, 7) is 0.382. The highest BCUT2D eigenvalue weighted by Gasteiger charge is 2.34. The number of rotatable bonds is 6. The molecule has 9 aromatic carbocycles. The molecule has 25 heteroatoms. The average molecular weight is 1320 g/mol. The van der Waals surface area contributed by atoms with Crippen LogP contribution in [0.3, 0.4) is 0 Å². The average Bonchev–Trinajstić information content (AvgIpc) is 1.64. The molecule has 0 bridgehead atoms. The molecule has 12 aromatic rings. The van der Waals surface area contributed by atoms with Crippen LogP contribution in [0.15, 0.2) is 255 Å². The van der Waals surface area contributed by atoms with Crippen LogP contribution in [0.1, 0.15) is 43.8 Å². The Morgan fingerprint density at radius 2 is 0.911 bits per heavy atom. The predicted molar refractivity (Wildman–Crippen MR) is 383 cm³/mol. The van der Waals surface area contributed by atoms with E-state index in [-0.39, 0.29) is 23.2 Å². The van der Waals surface area contributed by atoms with E-state index in [2.05, 4.69) is 76.3 Å². The smallest absolute Gasteiger partial charge is 0.289 e. The molecule has 7 heterocycles. The number of nitroso groups, excluding NO2 is 2. The van der Waals surface area contributed by atoms with Gasteiger partial charge in [0.05, 0.1) is 95.7 Å². The van der Waals surface area contributed by atoms with E-state index < -0.39 is 5.91 Å². The number of carbonyl (C=O) groups is 2. The van der Waals surface area contributed by atoms with Crippen LogP contribution in [-0.2, 0) is 0 Å². The first-order valence-electron chi connectivity index (χ1n) is 31.7. The van der Waals surface area contributed by atoms with Crippen molar-refractivity contribution >= 4 is 111 Å². The van der Waals surface area contributed by atoms with Crippen LogP contribution in [0.2, 0.25) is 0 Å². The van der Waals surface area contributed by atoms with Crippen LogP contribution in [0.5, 0.6) is 0 Å². The van der Waals surface area contributed by atoms with Gasteiger partial charge in [0.1, 0.15) is 47.1 Å². The van der Waals surface area contributed by atoms with E-state index in [4.69, 9.17) is 30.7 Å². The van der Waals surface area contributed by atoms with Gasteiger partial charge in [-0.1, -0.05) is 175 Å². The van der Waals surface area contributed by atoms with Gasteiger partial charge in [-0.05, 0) is 64.4 Å². The summed E-state index contributed by atoms with van der Waals surface area (Å²) in [7, 11) is 0. The number of hydrazine groups is 1. The van der Waals surface area contributed by atoms with Gasteiger partial charge in [-0.15, -0.1) is 9.81 Å². The first-order valence-corrected chi connectivity index (χ1v) is 31.7. The molecule has 3 aromatic heterocycles. The van der Waals surface area contributed by atoms with Crippen LogP contribution in [0.4, 0.5) is 22.7 Å². The van der Waals surface area contributed by atoms with Gasteiger partial charge in [0.25, 0.3) is 5.91 Å². The standard InChI is InChI=1S/C19H14N6O2.C15H10N4.C15H9N3O.C15H8N2O.C12H7N5O/c20-12-9-27-25-17(12)19(26)24-23-16-11-6-2-1-5-10(11)15-18(16)22-14-8-4-3-7-13(14)21-15;16-19-14-10-6-2-1-5-9(10)13-15(14)18-12-8-4-3-7-11(12)17-13;19-18-14-10-6-2-1-5-9(10)13-15(14)17-12-8-4-3-7-11(12)16-13;18-15-10-6-2-1-5-9(10)13-14(15)17-12-8-4-3-7-11(12)16-13;18-17-9-7-4-2-1-3-6(7)8-10(9)16-12-11(15-8)13-5-14-12/h1-9,16,23H,20H2,(H,24,26);1-8,16,18H;1-8,17H;1-8H;1-4H,5H2,(H,14,16). The minimum absolute atomic E-state index is 0.0265. The SMILES string of the molecule is N=Nc1c2[nH]c3ccccc3nc-2c2ccccc12.Nc1conc1C(=O)NNC1c2ccccc2-c2nc3ccccc3nc21.O=C1c2ccccc2-c2nc3ccccc3nc21.O=Nc1c2[nH]c3c(nc-2c2ccccc12)=NCN=3.O=Nc1c2[nH]c3ccccc3nc-2c2ccccc12. The number of carbonyl (C=O) groups excluding carboxylic acids is 2. The van der Waals surface area contributed by atoms with E-state index in [1.54, 1.807) is 0 Å².